The standard InChI is InChI=1S/C12H6BrFN2O4S/c13-6-1-2-11(15-5-6)21-10-3-7(12(17)18)8(14)4-9(10)16(19)20/h1-5H,(H,17,18). The highest BCUT2D eigenvalue weighted by Gasteiger charge is 2.22. The van der Waals surface area contributed by atoms with Crippen molar-refractivity contribution in [3.63, 3.8) is 0 Å². The SMILES string of the molecule is O=C(O)c1cc(Sc2ccc(Br)cn2)c([N+](=O)[O-])cc1F. The Kier molecular flexibility index (Phi) is 4.53. The van der Waals surface area contributed by atoms with Gasteiger partial charge in [0.15, 0.2) is 0 Å². The number of benzene rings is 1. The zero-order chi connectivity index (χ0) is 15.6. The molecule has 2 aromatic rings. The van der Waals surface area contributed by atoms with Crippen LogP contribution in [0.25, 0.3) is 0 Å². The number of rotatable bonds is 4. The summed E-state index contributed by atoms with van der Waals surface area (Å²) in [5.74, 6) is -2.64. The van der Waals surface area contributed by atoms with Crippen molar-refractivity contribution in [1.82, 2.24) is 4.98 Å². The van der Waals surface area contributed by atoms with Crippen molar-refractivity contribution in [3.8, 4) is 0 Å². The van der Waals surface area contributed by atoms with Crippen LogP contribution in [0.3, 0.4) is 0 Å². The molecular weight excluding hydrogens is 367 g/mol. The van der Waals surface area contributed by atoms with Crippen molar-refractivity contribution < 1.29 is 19.2 Å². The molecule has 0 aliphatic rings. The minimum atomic E-state index is -1.49. The second kappa shape index (κ2) is 6.19. The zero-order valence-electron chi connectivity index (χ0n) is 10.1. The molecule has 0 unspecified atom stereocenters. The number of hydrogen-bond acceptors (Lipinski definition) is 5. The number of aromatic nitrogens is 1. The van der Waals surface area contributed by atoms with Gasteiger partial charge in [0.25, 0.3) is 5.69 Å². The monoisotopic (exact) mass is 372 g/mol. The van der Waals surface area contributed by atoms with Gasteiger partial charge in [0.1, 0.15) is 10.8 Å². The third-order valence-corrected chi connectivity index (χ3v) is 3.86. The molecule has 1 aromatic heterocycles. The highest BCUT2D eigenvalue weighted by Crippen LogP contribution is 2.35. The van der Waals surface area contributed by atoms with Gasteiger partial charge in [0, 0.05) is 10.7 Å². The summed E-state index contributed by atoms with van der Waals surface area (Å²) in [6, 6.07) is 4.82. The van der Waals surface area contributed by atoms with Gasteiger partial charge < -0.3 is 5.11 Å². The summed E-state index contributed by atoms with van der Waals surface area (Å²) >= 11 is 4.09. The number of nitro benzene ring substituents is 1. The van der Waals surface area contributed by atoms with Gasteiger partial charge in [-0.05, 0) is 34.1 Å². The molecule has 0 saturated heterocycles. The summed E-state index contributed by atoms with van der Waals surface area (Å²) in [5, 5.41) is 20.3. The molecule has 0 amide bonds. The van der Waals surface area contributed by atoms with Crippen molar-refractivity contribution in [2.75, 3.05) is 0 Å². The molecule has 6 nitrogen and oxygen atoms in total. The fraction of sp³-hybridized carbons (Fsp3) is 0. The van der Waals surface area contributed by atoms with E-state index < -0.39 is 28.0 Å². The average Bonchev–Trinajstić information content (AvgIpc) is 2.42. The number of pyridine rings is 1. The Labute approximate surface area is 130 Å². The fourth-order valence-corrected chi connectivity index (χ4v) is 2.58. The first-order chi connectivity index (χ1) is 9.88. The lowest BCUT2D eigenvalue weighted by molar-refractivity contribution is -0.387. The number of nitro groups is 1. The maximum atomic E-state index is 13.5. The Morgan fingerprint density at radius 3 is 2.67 bits per heavy atom. The minimum absolute atomic E-state index is 0.00798. The summed E-state index contributed by atoms with van der Waals surface area (Å²) < 4.78 is 14.2. The Balaban J connectivity index is 2.49. The Bertz CT molecular complexity index is 724. The number of hydrogen-bond donors (Lipinski definition) is 1. The van der Waals surface area contributed by atoms with E-state index in [1.807, 2.05) is 0 Å². The first kappa shape index (κ1) is 15.4. The minimum Gasteiger partial charge on any atom is -0.478 e. The molecule has 0 aliphatic carbocycles. The quantitative estimate of drug-likeness (QED) is 0.648. The van der Waals surface area contributed by atoms with Crippen LogP contribution in [-0.2, 0) is 0 Å². The smallest absolute Gasteiger partial charge is 0.338 e. The van der Waals surface area contributed by atoms with Gasteiger partial charge in [0.2, 0.25) is 0 Å². The lowest BCUT2D eigenvalue weighted by Crippen LogP contribution is -2.03. The van der Waals surface area contributed by atoms with Crippen molar-refractivity contribution in [3.05, 3.63) is 56.4 Å². The molecule has 9 heteroatoms. The van der Waals surface area contributed by atoms with Crippen molar-refractivity contribution in [2.45, 2.75) is 9.92 Å². The van der Waals surface area contributed by atoms with E-state index in [0.717, 1.165) is 22.3 Å². The number of carboxylic acid groups (broad SMARTS) is 1. The van der Waals surface area contributed by atoms with E-state index >= 15 is 0 Å². The maximum absolute atomic E-state index is 13.5. The topological polar surface area (TPSA) is 93.3 Å². The second-order valence-corrected chi connectivity index (χ2v) is 5.76. The maximum Gasteiger partial charge on any atom is 0.338 e. The molecule has 0 atom stereocenters. The van der Waals surface area contributed by atoms with Crippen LogP contribution < -0.4 is 0 Å². The molecule has 1 N–H and O–H groups in total. The molecular formula is C12H6BrFN2O4S. The molecule has 0 radical (unpaired) electrons. The van der Waals surface area contributed by atoms with Gasteiger partial charge >= 0.3 is 5.97 Å². The predicted octanol–water partition coefficient (Wildman–Crippen LogP) is 3.74. The number of carboxylic acids is 1. The number of halogens is 2. The van der Waals surface area contributed by atoms with Crippen LogP contribution in [0.4, 0.5) is 10.1 Å². The summed E-state index contributed by atoms with van der Waals surface area (Å²) in [6.07, 6.45) is 1.50. The van der Waals surface area contributed by atoms with Crippen LogP contribution >= 0.6 is 27.7 Å². The lowest BCUT2D eigenvalue weighted by Gasteiger charge is -2.05. The van der Waals surface area contributed by atoms with Gasteiger partial charge in [-0.25, -0.2) is 14.2 Å². The van der Waals surface area contributed by atoms with Crippen LogP contribution in [0, 0.1) is 15.9 Å². The van der Waals surface area contributed by atoms with Gasteiger partial charge in [0.05, 0.1) is 21.4 Å². The van der Waals surface area contributed by atoms with E-state index in [9.17, 15) is 19.3 Å². The first-order valence-corrected chi connectivity index (χ1v) is 7.00. The normalized spacial score (nSPS) is 10.4. The zero-order valence-corrected chi connectivity index (χ0v) is 12.5. The van der Waals surface area contributed by atoms with E-state index in [0.29, 0.717) is 11.1 Å². The fourth-order valence-electron chi connectivity index (χ4n) is 1.47. The molecule has 21 heavy (non-hydrogen) atoms. The Hall–Kier alpha value is -2.00. The summed E-state index contributed by atoms with van der Waals surface area (Å²) in [7, 11) is 0. The molecule has 0 fully saturated rings. The Morgan fingerprint density at radius 2 is 2.14 bits per heavy atom. The summed E-state index contributed by atoms with van der Waals surface area (Å²) in [5.41, 5.74) is -1.13. The Morgan fingerprint density at radius 1 is 1.43 bits per heavy atom. The molecule has 1 heterocycles. The van der Waals surface area contributed by atoms with Crippen LogP contribution in [0.15, 0.2) is 44.9 Å². The van der Waals surface area contributed by atoms with Gasteiger partial charge in [-0.1, -0.05) is 11.8 Å². The van der Waals surface area contributed by atoms with Crippen molar-refractivity contribution >= 4 is 39.3 Å². The molecule has 0 spiro atoms. The number of carbonyl (C=O) groups is 1. The number of nitrogens with zero attached hydrogens (tertiary/aromatic N) is 2. The van der Waals surface area contributed by atoms with Crippen LogP contribution in [0.1, 0.15) is 10.4 Å². The lowest BCUT2D eigenvalue weighted by atomic mass is 10.2. The summed E-state index contributed by atoms with van der Waals surface area (Å²) in [4.78, 5) is 25.1. The van der Waals surface area contributed by atoms with Crippen LogP contribution in [0.2, 0.25) is 0 Å². The van der Waals surface area contributed by atoms with Gasteiger partial charge in [-0.3, -0.25) is 10.1 Å². The molecule has 0 saturated carbocycles. The third kappa shape index (κ3) is 3.56. The highest BCUT2D eigenvalue weighted by molar-refractivity contribution is 9.10. The van der Waals surface area contributed by atoms with Crippen molar-refractivity contribution in [2.24, 2.45) is 0 Å². The predicted molar refractivity (Wildman–Crippen MR) is 76.1 cm³/mol. The van der Waals surface area contributed by atoms with Crippen LogP contribution in [0.5, 0.6) is 0 Å². The average molecular weight is 373 g/mol. The van der Waals surface area contributed by atoms with Crippen LogP contribution in [-0.4, -0.2) is 21.0 Å². The molecule has 2 rings (SSSR count). The molecule has 108 valence electrons. The third-order valence-electron chi connectivity index (χ3n) is 2.39. The highest BCUT2D eigenvalue weighted by atomic mass is 79.9. The first-order valence-electron chi connectivity index (χ1n) is 5.39. The molecule has 1 aromatic carbocycles. The largest absolute Gasteiger partial charge is 0.478 e. The van der Waals surface area contributed by atoms with Gasteiger partial charge in [-0.15, -0.1) is 0 Å². The summed E-state index contributed by atoms with van der Waals surface area (Å²) in [6.45, 7) is 0. The number of aromatic carboxylic acids is 1. The van der Waals surface area contributed by atoms with E-state index in [-0.39, 0.29) is 4.90 Å². The van der Waals surface area contributed by atoms with E-state index in [1.165, 1.54) is 6.20 Å². The van der Waals surface area contributed by atoms with Crippen molar-refractivity contribution in [1.29, 1.82) is 0 Å². The van der Waals surface area contributed by atoms with Gasteiger partial charge in [-0.2, -0.15) is 0 Å². The van der Waals surface area contributed by atoms with E-state index in [1.54, 1.807) is 12.1 Å². The van der Waals surface area contributed by atoms with E-state index in [4.69, 9.17) is 5.11 Å². The van der Waals surface area contributed by atoms with E-state index in [2.05, 4.69) is 20.9 Å². The molecule has 0 aliphatic heterocycles. The molecule has 0 bridgehead atoms. The second-order valence-electron chi connectivity index (χ2n) is 3.78.